The smallest absolute Gasteiger partial charge is 0.253 e. The number of carbonyl (C=O) groups excluding carboxylic acids is 1. The number of nitrogens with one attached hydrogen (secondary N) is 2. The summed E-state index contributed by atoms with van der Waals surface area (Å²) < 4.78 is 0. The molecule has 4 nitrogen and oxygen atoms in total. The maximum Gasteiger partial charge on any atom is 0.253 e. The van der Waals surface area contributed by atoms with Crippen LogP contribution in [0.5, 0.6) is 0 Å². The van der Waals surface area contributed by atoms with Crippen LogP contribution in [-0.4, -0.2) is 30.2 Å². The van der Waals surface area contributed by atoms with E-state index >= 15 is 0 Å². The maximum atomic E-state index is 12.4. The van der Waals surface area contributed by atoms with Gasteiger partial charge >= 0.3 is 0 Å². The summed E-state index contributed by atoms with van der Waals surface area (Å²) >= 11 is 0. The predicted molar refractivity (Wildman–Crippen MR) is 81.1 cm³/mol. The molecule has 0 heterocycles. The van der Waals surface area contributed by atoms with Crippen LogP contribution in [0.4, 0.5) is 5.69 Å². The van der Waals surface area contributed by atoms with Crippen molar-refractivity contribution in [1.82, 2.24) is 5.32 Å². The van der Waals surface area contributed by atoms with Crippen LogP contribution in [0.15, 0.2) is 18.2 Å². The van der Waals surface area contributed by atoms with Crippen LogP contribution in [0, 0.1) is 6.92 Å². The topological polar surface area (TPSA) is 61.4 Å². The highest BCUT2D eigenvalue weighted by Crippen LogP contribution is 2.20. The van der Waals surface area contributed by atoms with Gasteiger partial charge in [0.2, 0.25) is 0 Å². The fourth-order valence-electron chi connectivity index (χ4n) is 2.77. The van der Waals surface area contributed by atoms with Crippen molar-refractivity contribution in [2.24, 2.45) is 0 Å². The fraction of sp³-hybridized carbons (Fsp3) is 0.562. The predicted octanol–water partition coefficient (Wildman–Crippen LogP) is 2.46. The van der Waals surface area contributed by atoms with Gasteiger partial charge in [-0.05, 0) is 31.9 Å². The van der Waals surface area contributed by atoms with Crippen molar-refractivity contribution >= 4 is 11.6 Å². The molecule has 3 N–H and O–H groups in total. The molecule has 1 amide bonds. The summed E-state index contributed by atoms with van der Waals surface area (Å²) in [4.78, 5) is 12.4. The molecule has 1 aromatic rings. The van der Waals surface area contributed by atoms with Crippen molar-refractivity contribution in [3.63, 3.8) is 0 Å². The molecule has 0 aromatic heterocycles. The first-order valence-electron chi connectivity index (χ1n) is 7.39. The van der Waals surface area contributed by atoms with Gasteiger partial charge in [0.25, 0.3) is 5.91 Å². The molecule has 0 aliphatic heterocycles. The first-order valence-corrected chi connectivity index (χ1v) is 7.39. The Balaban J connectivity index is 2.12. The Hall–Kier alpha value is -1.55. The third kappa shape index (κ3) is 3.51. The minimum absolute atomic E-state index is 0.107. The maximum absolute atomic E-state index is 12.4. The minimum Gasteiger partial charge on any atom is -0.391 e. The zero-order chi connectivity index (χ0) is 14.5. The van der Waals surface area contributed by atoms with E-state index in [4.69, 9.17) is 0 Å². The third-order valence-corrected chi connectivity index (χ3v) is 3.99. The molecule has 1 aliphatic carbocycles. The Kier molecular flexibility index (Phi) is 5.01. The van der Waals surface area contributed by atoms with Crippen molar-refractivity contribution in [3.05, 3.63) is 29.3 Å². The largest absolute Gasteiger partial charge is 0.391 e. The molecule has 1 aromatic carbocycles. The number of hydrogen-bond acceptors (Lipinski definition) is 3. The van der Waals surface area contributed by atoms with Gasteiger partial charge in [0.05, 0.1) is 17.7 Å². The summed E-state index contributed by atoms with van der Waals surface area (Å²) in [5.41, 5.74) is 2.51. The van der Waals surface area contributed by atoms with E-state index in [9.17, 15) is 9.90 Å². The van der Waals surface area contributed by atoms with Crippen LogP contribution in [0.1, 0.15) is 48.0 Å². The van der Waals surface area contributed by atoms with Crippen molar-refractivity contribution in [2.75, 3.05) is 12.4 Å². The molecule has 0 spiro atoms. The number of benzene rings is 1. The number of aliphatic hydroxyl groups excluding tert-OH is 1. The molecule has 4 heteroatoms. The fourth-order valence-corrected chi connectivity index (χ4v) is 2.77. The Labute approximate surface area is 120 Å². The highest BCUT2D eigenvalue weighted by Gasteiger charge is 2.24. The summed E-state index contributed by atoms with van der Waals surface area (Å²) in [6.07, 6.45) is 4.44. The van der Waals surface area contributed by atoms with Gasteiger partial charge in [0.1, 0.15) is 0 Å². The lowest BCUT2D eigenvalue weighted by atomic mass is 10.0. The molecule has 2 rings (SSSR count). The highest BCUT2D eigenvalue weighted by atomic mass is 16.3. The molecule has 2 atom stereocenters. The molecule has 1 fully saturated rings. The average molecular weight is 276 g/mol. The van der Waals surface area contributed by atoms with E-state index in [-0.39, 0.29) is 11.9 Å². The summed E-state index contributed by atoms with van der Waals surface area (Å²) in [6, 6.07) is 5.64. The van der Waals surface area contributed by atoms with Crippen LogP contribution >= 0.6 is 0 Å². The lowest BCUT2D eigenvalue weighted by Gasteiger charge is -2.22. The second-order valence-corrected chi connectivity index (χ2v) is 5.58. The quantitative estimate of drug-likeness (QED) is 0.743. The first-order chi connectivity index (χ1) is 9.61. The number of anilines is 1. The van der Waals surface area contributed by atoms with E-state index in [0.717, 1.165) is 43.4 Å². The number of aryl methyl sites for hydroxylation is 1. The van der Waals surface area contributed by atoms with Crippen molar-refractivity contribution in [3.8, 4) is 0 Å². The monoisotopic (exact) mass is 276 g/mol. The van der Waals surface area contributed by atoms with Crippen molar-refractivity contribution in [1.29, 1.82) is 0 Å². The van der Waals surface area contributed by atoms with E-state index in [0.29, 0.717) is 5.56 Å². The second-order valence-electron chi connectivity index (χ2n) is 5.58. The van der Waals surface area contributed by atoms with E-state index in [1.54, 1.807) is 0 Å². The summed E-state index contributed by atoms with van der Waals surface area (Å²) in [6.45, 7) is 1.97. The van der Waals surface area contributed by atoms with Crippen LogP contribution in [-0.2, 0) is 0 Å². The Bertz CT molecular complexity index is 474. The molecule has 0 radical (unpaired) electrons. The van der Waals surface area contributed by atoms with Crippen LogP contribution < -0.4 is 10.6 Å². The van der Waals surface area contributed by atoms with Crippen molar-refractivity contribution in [2.45, 2.75) is 51.2 Å². The number of amides is 1. The van der Waals surface area contributed by atoms with Crippen LogP contribution in [0.3, 0.4) is 0 Å². The van der Waals surface area contributed by atoms with Crippen LogP contribution in [0.2, 0.25) is 0 Å². The molecule has 2 unspecified atom stereocenters. The molecule has 0 bridgehead atoms. The second kappa shape index (κ2) is 6.75. The highest BCUT2D eigenvalue weighted by molar-refractivity contribution is 6.00. The van der Waals surface area contributed by atoms with Gasteiger partial charge in [0, 0.05) is 12.7 Å². The Morgan fingerprint density at radius 1 is 1.25 bits per heavy atom. The number of carbonyl (C=O) groups is 1. The standard InChI is InChI=1S/C16H24N2O2/c1-11-8-9-13(17-2)12(10-11)16(20)18-14-6-4-3-5-7-15(14)19/h8-10,14-15,17,19H,3-7H2,1-2H3,(H,18,20). The number of rotatable bonds is 3. The molecular formula is C16H24N2O2. The van der Waals surface area contributed by atoms with Gasteiger partial charge in [-0.2, -0.15) is 0 Å². The lowest BCUT2D eigenvalue weighted by Crippen LogP contribution is -2.42. The van der Waals surface area contributed by atoms with E-state index in [2.05, 4.69) is 10.6 Å². The Morgan fingerprint density at radius 3 is 2.75 bits per heavy atom. The minimum atomic E-state index is -0.427. The average Bonchev–Trinajstić information content (AvgIpc) is 2.64. The van der Waals surface area contributed by atoms with Gasteiger partial charge in [-0.15, -0.1) is 0 Å². The van der Waals surface area contributed by atoms with Crippen LogP contribution in [0.25, 0.3) is 0 Å². The molecule has 0 saturated heterocycles. The zero-order valence-electron chi connectivity index (χ0n) is 12.3. The molecule has 20 heavy (non-hydrogen) atoms. The number of hydrogen-bond donors (Lipinski definition) is 3. The van der Waals surface area contributed by atoms with Gasteiger partial charge in [-0.25, -0.2) is 0 Å². The van der Waals surface area contributed by atoms with Gasteiger partial charge in [0.15, 0.2) is 0 Å². The summed E-state index contributed by atoms with van der Waals surface area (Å²) in [5.74, 6) is -0.107. The number of aliphatic hydroxyl groups is 1. The van der Waals surface area contributed by atoms with E-state index in [1.807, 2.05) is 32.2 Å². The third-order valence-electron chi connectivity index (χ3n) is 3.99. The van der Waals surface area contributed by atoms with Crippen molar-refractivity contribution < 1.29 is 9.90 Å². The summed E-state index contributed by atoms with van der Waals surface area (Å²) in [7, 11) is 1.81. The van der Waals surface area contributed by atoms with E-state index < -0.39 is 6.10 Å². The Morgan fingerprint density at radius 2 is 2.00 bits per heavy atom. The molecule has 1 saturated carbocycles. The zero-order valence-corrected chi connectivity index (χ0v) is 12.3. The summed E-state index contributed by atoms with van der Waals surface area (Å²) in [5, 5.41) is 16.1. The lowest BCUT2D eigenvalue weighted by molar-refractivity contribution is 0.0819. The van der Waals surface area contributed by atoms with Gasteiger partial charge in [-0.1, -0.05) is 30.9 Å². The first kappa shape index (κ1) is 14.9. The van der Waals surface area contributed by atoms with Gasteiger partial charge < -0.3 is 15.7 Å². The molecule has 1 aliphatic rings. The van der Waals surface area contributed by atoms with E-state index in [1.165, 1.54) is 0 Å². The van der Waals surface area contributed by atoms with Gasteiger partial charge in [-0.3, -0.25) is 4.79 Å². The normalized spacial score (nSPS) is 22.9. The molecular weight excluding hydrogens is 252 g/mol. The SMILES string of the molecule is CNc1ccc(C)cc1C(=O)NC1CCCCCC1O. The molecule has 110 valence electrons.